The quantitative estimate of drug-likeness (QED) is 0.713. The lowest BCUT2D eigenvalue weighted by Gasteiger charge is -2.37. The van der Waals surface area contributed by atoms with Crippen LogP contribution in [0.3, 0.4) is 0 Å². The van der Waals surface area contributed by atoms with E-state index in [0.29, 0.717) is 10.8 Å². The molecule has 2 aliphatic rings. The Labute approximate surface area is 97.3 Å². The van der Waals surface area contributed by atoms with Crippen LogP contribution in [-0.2, 0) is 0 Å². The average Bonchev–Trinajstić information content (AvgIpc) is 2.46. The number of allylic oxidation sites excluding steroid dienone is 2. The van der Waals surface area contributed by atoms with Gasteiger partial charge >= 0.3 is 0 Å². The van der Waals surface area contributed by atoms with Gasteiger partial charge in [-0.05, 0) is 34.8 Å². The summed E-state index contributed by atoms with van der Waals surface area (Å²) in [4.78, 5) is 1.65. The Morgan fingerprint density at radius 3 is 2.64 bits per heavy atom. The molecule has 0 aromatic rings. The van der Waals surface area contributed by atoms with Gasteiger partial charge in [0.1, 0.15) is 0 Å². The maximum absolute atomic E-state index is 4.29. The fraction of sp³-hybridized carbons (Fsp3) is 0.833. The van der Waals surface area contributed by atoms with Gasteiger partial charge in [-0.3, -0.25) is 0 Å². The van der Waals surface area contributed by atoms with Crippen molar-refractivity contribution < 1.29 is 0 Å². The van der Waals surface area contributed by atoms with E-state index in [1.54, 1.807) is 4.91 Å². The van der Waals surface area contributed by atoms with Gasteiger partial charge in [0.15, 0.2) is 0 Å². The molecule has 1 saturated carbocycles. The molecule has 2 aliphatic carbocycles. The molecule has 2 unspecified atom stereocenters. The zero-order valence-corrected chi connectivity index (χ0v) is 11.0. The lowest BCUT2D eigenvalue weighted by Crippen LogP contribution is -2.29. The first-order valence-corrected chi connectivity index (χ1v) is 7.10. The Kier molecular flexibility index (Phi) is 2.72. The Bertz CT molecular complexity index is 267. The molecule has 0 saturated heterocycles. The van der Waals surface area contributed by atoms with Gasteiger partial charge in [0.05, 0.1) is 0 Å². The van der Waals surface area contributed by atoms with Crippen LogP contribution in [0.25, 0.3) is 0 Å². The Morgan fingerprint density at radius 2 is 2.21 bits per heavy atom. The summed E-state index contributed by atoms with van der Waals surface area (Å²) in [7, 11) is 0. The van der Waals surface area contributed by atoms with Gasteiger partial charge in [-0.1, -0.05) is 26.8 Å². The predicted molar refractivity (Wildman–Crippen MR) is 69.0 cm³/mol. The summed E-state index contributed by atoms with van der Waals surface area (Å²) in [6.07, 6.45) is 5.32. The number of rotatable bonds is 3. The molecule has 14 heavy (non-hydrogen) atoms. The second-order valence-electron chi connectivity index (χ2n) is 5.30. The minimum Gasteiger partial charge on any atom is -0.178 e. The summed E-state index contributed by atoms with van der Waals surface area (Å²) in [6, 6.07) is 0. The molecular formula is C12H20S2. The highest BCUT2D eigenvalue weighted by Crippen LogP contribution is 2.67. The van der Waals surface area contributed by atoms with Gasteiger partial charge in [-0.2, -0.15) is 12.6 Å². The van der Waals surface area contributed by atoms with Crippen molar-refractivity contribution in [2.24, 2.45) is 16.7 Å². The third kappa shape index (κ3) is 1.30. The van der Waals surface area contributed by atoms with Crippen LogP contribution in [0, 0.1) is 16.7 Å². The van der Waals surface area contributed by atoms with Crippen molar-refractivity contribution in [2.45, 2.75) is 33.6 Å². The number of thiol groups is 1. The van der Waals surface area contributed by atoms with E-state index in [1.807, 2.05) is 11.8 Å². The van der Waals surface area contributed by atoms with Gasteiger partial charge in [-0.25, -0.2) is 0 Å². The Hall–Kier alpha value is 0.440. The highest BCUT2D eigenvalue weighted by Gasteiger charge is 2.56. The second-order valence-corrected chi connectivity index (χ2v) is 6.89. The predicted octanol–water partition coefficient (Wildman–Crippen LogP) is 3.99. The molecule has 2 heteroatoms. The van der Waals surface area contributed by atoms with E-state index < -0.39 is 0 Å². The molecule has 80 valence electrons. The van der Waals surface area contributed by atoms with E-state index in [1.165, 1.54) is 12.8 Å². The van der Waals surface area contributed by atoms with Gasteiger partial charge in [0.25, 0.3) is 0 Å². The molecule has 0 N–H and O–H groups in total. The van der Waals surface area contributed by atoms with Crippen LogP contribution in [-0.4, -0.2) is 11.5 Å². The van der Waals surface area contributed by atoms with Gasteiger partial charge in [0.2, 0.25) is 0 Å². The summed E-state index contributed by atoms with van der Waals surface area (Å²) in [5.41, 5.74) is 0.956. The fourth-order valence-corrected chi connectivity index (χ4v) is 4.53. The molecule has 1 fully saturated rings. The molecular weight excluding hydrogens is 208 g/mol. The van der Waals surface area contributed by atoms with Gasteiger partial charge < -0.3 is 0 Å². The van der Waals surface area contributed by atoms with Crippen LogP contribution in [0.4, 0.5) is 0 Å². The smallest absolute Gasteiger partial charge is 0.00654 e. The van der Waals surface area contributed by atoms with E-state index in [9.17, 15) is 0 Å². The summed E-state index contributed by atoms with van der Waals surface area (Å²) in [6.45, 7) is 7.34. The monoisotopic (exact) mass is 228 g/mol. The third-order valence-corrected chi connectivity index (χ3v) is 6.38. The largest absolute Gasteiger partial charge is 0.178 e. The molecule has 0 aromatic heterocycles. The van der Waals surface area contributed by atoms with Crippen molar-refractivity contribution in [2.75, 3.05) is 11.5 Å². The van der Waals surface area contributed by atoms with E-state index in [4.69, 9.17) is 0 Å². The average molecular weight is 228 g/mol. The van der Waals surface area contributed by atoms with Crippen molar-refractivity contribution in [3.8, 4) is 0 Å². The van der Waals surface area contributed by atoms with Crippen LogP contribution in [0.15, 0.2) is 11.0 Å². The molecule has 2 bridgehead atoms. The Morgan fingerprint density at radius 1 is 1.50 bits per heavy atom. The molecule has 0 nitrogen and oxygen atoms in total. The normalized spacial score (nSPS) is 38.9. The van der Waals surface area contributed by atoms with Gasteiger partial charge in [-0.15, -0.1) is 11.8 Å². The van der Waals surface area contributed by atoms with Crippen molar-refractivity contribution >= 4 is 24.4 Å². The zero-order chi connectivity index (χ0) is 10.4. The molecule has 0 aromatic carbocycles. The van der Waals surface area contributed by atoms with Crippen LogP contribution < -0.4 is 0 Å². The number of hydrogen-bond acceptors (Lipinski definition) is 2. The first kappa shape index (κ1) is 10.9. The summed E-state index contributed by atoms with van der Waals surface area (Å²) < 4.78 is 0. The van der Waals surface area contributed by atoms with Crippen molar-refractivity contribution in [3.05, 3.63) is 11.0 Å². The number of hydrogen-bond donors (Lipinski definition) is 1. The molecule has 0 spiro atoms. The molecule has 0 amide bonds. The third-order valence-electron chi connectivity index (χ3n) is 4.55. The van der Waals surface area contributed by atoms with E-state index in [2.05, 4.69) is 39.5 Å². The minimum atomic E-state index is 0.464. The van der Waals surface area contributed by atoms with E-state index in [-0.39, 0.29) is 0 Å². The minimum absolute atomic E-state index is 0.464. The topological polar surface area (TPSA) is 0 Å². The highest BCUT2D eigenvalue weighted by molar-refractivity contribution is 8.03. The van der Waals surface area contributed by atoms with Crippen LogP contribution >= 0.6 is 24.4 Å². The van der Waals surface area contributed by atoms with E-state index in [0.717, 1.165) is 17.4 Å². The molecule has 2 rings (SSSR count). The van der Waals surface area contributed by atoms with Crippen LogP contribution in [0.2, 0.25) is 0 Å². The molecule has 0 radical (unpaired) electrons. The van der Waals surface area contributed by atoms with Crippen LogP contribution in [0.5, 0.6) is 0 Å². The molecule has 0 heterocycles. The summed E-state index contributed by atoms with van der Waals surface area (Å²) >= 11 is 6.32. The number of fused-ring (bicyclic) bond motifs is 2. The maximum atomic E-state index is 4.29. The van der Waals surface area contributed by atoms with Gasteiger partial charge in [0, 0.05) is 11.2 Å². The lowest BCUT2D eigenvalue weighted by molar-refractivity contribution is 0.179. The van der Waals surface area contributed by atoms with Crippen molar-refractivity contribution in [1.82, 2.24) is 0 Å². The first-order valence-electron chi connectivity index (χ1n) is 5.48. The SMILES string of the molecule is CC12CCC(C=C1SCCS)C2(C)C. The second kappa shape index (κ2) is 3.48. The maximum Gasteiger partial charge on any atom is 0.00654 e. The first-order chi connectivity index (χ1) is 6.52. The van der Waals surface area contributed by atoms with Crippen molar-refractivity contribution in [1.29, 1.82) is 0 Å². The van der Waals surface area contributed by atoms with Crippen LogP contribution in [0.1, 0.15) is 33.6 Å². The number of thioether (sulfide) groups is 1. The lowest BCUT2D eigenvalue weighted by atomic mass is 9.70. The standard InChI is InChI=1S/C12H20S2/c1-11(2)9-4-5-12(11,3)10(8-9)14-7-6-13/h8-9,13H,4-7H2,1-3H3. The highest BCUT2D eigenvalue weighted by atomic mass is 32.2. The van der Waals surface area contributed by atoms with E-state index >= 15 is 0 Å². The summed E-state index contributed by atoms with van der Waals surface area (Å²) in [5.74, 6) is 2.98. The van der Waals surface area contributed by atoms with Crippen molar-refractivity contribution in [3.63, 3.8) is 0 Å². The molecule has 0 aliphatic heterocycles. The summed E-state index contributed by atoms with van der Waals surface area (Å²) in [5, 5.41) is 0. The molecule has 2 atom stereocenters. The Balaban J connectivity index is 2.19. The zero-order valence-electron chi connectivity index (χ0n) is 9.34. The fourth-order valence-electron chi connectivity index (χ4n) is 3.00.